The lowest BCUT2D eigenvalue weighted by molar-refractivity contribution is -0.126. The molecule has 1 aromatic carbocycles. The van der Waals surface area contributed by atoms with E-state index in [1.54, 1.807) is 6.92 Å². The summed E-state index contributed by atoms with van der Waals surface area (Å²) in [5.74, 6) is -0.104. The summed E-state index contributed by atoms with van der Waals surface area (Å²) >= 11 is 0. The van der Waals surface area contributed by atoms with Crippen molar-refractivity contribution in [3.05, 3.63) is 35.4 Å². The van der Waals surface area contributed by atoms with Crippen molar-refractivity contribution in [2.75, 3.05) is 0 Å². The molecule has 0 aliphatic heterocycles. The average Bonchev–Trinajstić information content (AvgIpc) is 2.29. The third kappa shape index (κ3) is 3.56. The van der Waals surface area contributed by atoms with Crippen molar-refractivity contribution in [2.24, 2.45) is 5.73 Å². The summed E-state index contributed by atoms with van der Waals surface area (Å²) in [5.41, 5.74) is 7.41. The maximum Gasteiger partial charge on any atom is 0.240 e. The van der Waals surface area contributed by atoms with E-state index in [1.165, 1.54) is 5.56 Å². The fraction of sp³-hybridized carbons (Fsp3) is 0.500. The van der Waals surface area contributed by atoms with Crippen molar-refractivity contribution in [1.82, 2.24) is 5.32 Å². The number of hydrogen-bond acceptors (Lipinski definition) is 2. The van der Waals surface area contributed by atoms with Crippen LogP contribution in [0.25, 0.3) is 0 Å². The second kappa shape index (κ2) is 5.32. The summed E-state index contributed by atoms with van der Waals surface area (Å²) < 4.78 is 0. The van der Waals surface area contributed by atoms with E-state index in [0.29, 0.717) is 6.42 Å². The van der Waals surface area contributed by atoms with E-state index in [0.717, 1.165) is 5.56 Å². The van der Waals surface area contributed by atoms with Gasteiger partial charge in [0.2, 0.25) is 5.91 Å². The first-order valence-corrected chi connectivity index (χ1v) is 6.03. The molecule has 0 saturated heterocycles. The third-order valence-corrected chi connectivity index (χ3v) is 3.18. The maximum atomic E-state index is 11.9. The highest BCUT2D eigenvalue weighted by atomic mass is 16.2. The highest BCUT2D eigenvalue weighted by molar-refractivity contribution is 5.85. The Balaban J connectivity index is 2.70. The van der Waals surface area contributed by atoms with Gasteiger partial charge in [-0.15, -0.1) is 0 Å². The molecular weight excluding hydrogens is 212 g/mol. The van der Waals surface area contributed by atoms with Gasteiger partial charge < -0.3 is 11.1 Å². The first-order valence-electron chi connectivity index (χ1n) is 6.03. The van der Waals surface area contributed by atoms with E-state index >= 15 is 0 Å². The molecular formula is C14H22N2O. The zero-order valence-corrected chi connectivity index (χ0v) is 11.1. The fourth-order valence-electron chi connectivity index (χ4n) is 1.46. The largest absolute Gasteiger partial charge is 0.348 e. The van der Waals surface area contributed by atoms with Gasteiger partial charge in [0.15, 0.2) is 0 Å². The lowest BCUT2D eigenvalue weighted by atomic mass is 9.98. The van der Waals surface area contributed by atoms with Crippen LogP contribution < -0.4 is 11.1 Å². The Bertz CT molecular complexity index is 382. The van der Waals surface area contributed by atoms with Crippen LogP contribution in [0.2, 0.25) is 0 Å². The van der Waals surface area contributed by atoms with Gasteiger partial charge in [-0.05, 0) is 32.8 Å². The molecule has 3 nitrogen and oxygen atoms in total. The van der Waals surface area contributed by atoms with E-state index in [4.69, 9.17) is 5.73 Å². The molecule has 0 fully saturated rings. The molecule has 94 valence electrons. The Morgan fingerprint density at radius 2 is 1.94 bits per heavy atom. The van der Waals surface area contributed by atoms with Crippen LogP contribution in [0.3, 0.4) is 0 Å². The standard InChI is InChI=1S/C14H22N2O/c1-5-14(4,15)13(17)16-11(3)12-8-6-10(2)7-9-12/h6-9,11H,5,15H2,1-4H3,(H,16,17). The molecule has 3 heteroatoms. The fourth-order valence-corrected chi connectivity index (χ4v) is 1.46. The number of rotatable bonds is 4. The van der Waals surface area contributed by atoms with Gasteiger partial charge >= 0.3 is 0 Å². The molecule has 0 bridgehead atoms. The first kappa shape index (κ1) is 13.7. The van der Waals surface area contributed by atoms with Crippen LogP contribution in [0.4, 0.5) is 0 Å². The Morgan fingerprint density at radius 3 is 2.41 bits per heavy atom. The molecule has 0 spiro atoms. The summed E-state index contributed by atoms with van der Waals surface area (Å²) in [5, 5.41) is 2.94. The Labute approximate surface area is 103 Å². The third-order valence-electron chi connectivity index (χ3n) is 3.18. The predicted octanol–water partition coefficient (Wildman–Crippen LogP) is 2.30. The molecule has 1 amide bonds. The highest BCUT2D eigenvalue weighted by Crippen LogP contribution is 2.15. The number of benzene rings is 1. The quantitative estimate of drug-likeness (QED) is 0.840. The molecule has 0 aliphatic rings. The zero-order valence-electron chi connectivity index (χ0n) is 11.1. The van der Waals surface area contributed by atoms with Crippen LogP contribution in [0.5, 0.6) is 0 Å². The van der Waals surface area contributed by atoms with Gasteiger partial charge in [-0.2, -0.15) is 0 Å². The van der Waals surface area contributed by atoms with Crippen molar-refractivity contribution in [3.8, 4) is 0 Å². The van der Waals surface area contributed by atoms with Crippen molar-refractivity contribution in [1.29, 1.82) is 0 Å². The Kier molecular flexibility index (Phi) is 4.29. The number of carbonyl (C=O) groups excluding carboxylic acids is 1. The van der Waals surface area contributed by atoms with Crippen molar-refractivity contribution >= 4 is 5.91 Å². The van der Waals surface area contributed by atoms with E-state index in [1.807, 2.05) is 45.0 Å². The van der Waals surface area contributed by atoms with Crippen molar-refractivity contribution < 1.29 is 4.79 Å². The lowest BCUT2D eigenvalue weighted by Crippen LogP contribution is -2.51. The van der Waals surface area contributed by atoms with E-state index in [-0.39, 0.29) is 11.9 Å². The van der Waals surface area contributed by atoms with E-state index in [9.17, 15) is 4.79 Å². The second-order valence-corrected chi connectivity index (χ2v) is 4.88. The van der Waals surface area contributed by atoms with Crippen molar-refractivity contribution in [2.45, 2.75) is 45.7 Å². The number of aryl methyl sites for hydroxylation is 1. The van der Waals surface area contributed by atoms with Gasteiger partial charge in [0.1, 0.15) is 0 Å². The summed E-state index contributed by atoms with van der Waals surface area (Å²) in [7, 11) is 0. The Morgan fingerprint density at radius 1 is 1.41 bits per heavy atom. The van der Waals surface area contributed by atoms with E-state index in [2.05, 4.69) is 5.32 Å². The normalized spacial score (nSPS) is 16.1. The van der Waals surface area contributed by atoms with Crippen LogP contribution in [0.1, 0.15) is 44.4 Å². The molecule has 0 aromatic heterocycles. The smallest absolute Gasteiger partial charge is 0.240 e. The van der Waals surface area contributed by atoms with Gasteiger partial charge in [-0.1, -0.05) is 36.8 Å². The van der Waals surface area contributed by atoms with Gasteiger partial charge in [-0.25, -0.2) is 0 Å². The molecule has 17 heavy (non-hydrogen) atoms. The van der Waals surface area contributed by atoms with Crippen LogP contribution in [-0.4, -0.2) is 11.4 Å². The van der Waals surface area contributed by atoms with Crippen LogP contribution in [0, 0.1) is 6.92 Å². The first-order chi connectivity index (χ1) is 7.86. The van der Waals surface area contributed by atoms with Crippen LogP contribution in [0.15, 0.2) is 24.3 Å². The predicted molar refractivity (Wildman–Crippen MR) is 70.6 cm³/mol. The van der Waals surface area contributed by atoms with E-state index < -0.39 is 5.54 Å². The highest BCUT2D eigenvalue weighted by Gasteiger charge is 2.27. The number of nitrogens with one attached hydrogen (secondary N) is 1. The van der Waals surface area contributed by atoms with Gasteiger partial charge in [-0.3, -0.25) is 4.79 Å². The zero-order chi connectivity index (χ0) is 13.1. The Hall–Kier alpha value is -1.35. The second-order valence-electron chi connectivity index (χ2n) is 4.88. The van der Waals surface area contributed by atoms with Gasteiger partial charge in [0.25, 0.3) is 0 Å². The summed E-state index contributed by atoms with van der Waals surface area (Å²) in [4.78, 5) is 11.9. The molecule has 3 N–H and O–H groups in total. The topological polar surface area (TPSA) is 55.1 Å². The summed E-state index contributed by atoms with van der Waals surface area (Å²) in [6.07, 6.45) is 0.624. The lowest BCUT2D eigenvalue weighted by Gasteiger charge is -2.24. The number of nitrogens with two attached hydrogens (primary N) is 1. The summed E-state index contributed by atoms with van der Waals surface area (Å²) in [6.45, 7) is 7.68. The number of hydrogen-bond donors (Lipinski definition) is 2. The molecule has 1 rings (SSSR count). The van der Waals surface area contributed by atoms with Gasteiger partial charge in [0.05, 0.1) is 11.6 Å². The molecule has 2 unspecified atom stereocenters. The van der Waals surface area contributed by atoms with Crippen LogP contribution in [-0.2, 0) is 4.79 Å². The molecule has 0 aliphatic carbocycles. The minimum atomic E-state index is -0.793. The molecule has 1 aromatic rings. The minimum Gasteiger partial charge on any atom is -0.348 e. The SMILES string of the molecule is CCC(C)(N)C(=O)NC(C)c1ccc(C)cc1. The minimum absolute atomic E-state index is 0.0162. The monoisotopic (exact) mass is 234 g/mol. The van der Waals surface area contributed by atoms with Crippen molar-refractivity contribution in [3.63, 3.8) is 0 Å². The average molecular weight is 234 g/mol. The van der Waals surface area contributed by atoms with Crippen LogP contribution >= 0.6 is 0 Å². The number of carbonyl (C=O) groups is 1. The maximum absolute atomic E-state index is 11.9. The molecule has 0 heterocycles. The number of amides is 1. The van der Waals surface area contributed by atoms with Gasteiger partial charge in [0, 0.05) is 0 Å². The molecule has 0 radical (unpaired) electrons. The summed E-state index contributed by atoms with van der Waals surface area (Å²) in [6, 6.07) is 8.12. The molecule has 2 atom stereocenters. The molecule has 0 saturated carbocycles.